The van der Waals surface area contributed by atoms with Crippen molar-refractivity contribution in [3.05, 3.63) is 35.9 Å². The van der Waals surface area contributed by atoms with Crippen LogP contribution in [0.4, 0.5) is 0 Å². The molecule has 3 unspecified atom stereocenters. The van der Waals surface area contributed by atoms with Crippen molar-refractivity contribution in [2.75, 3.05) is 13.1 Å². The van der Waals surface area contributed by atoms with Crippen molar-refractivity contribution in [1.29, 1.82) is 5.26 Å². The summed E-state index contributed by atoms with van der Waals surface area (Å²) in [4.78, 5) is 2.53. The van der Waals surface area contributed by atoms with Crippen LogP contribution in [0.5, 0.6) is 0 Å². The molecule has 3 heteroatoms. The van der Waals surface area contributed by atoms with Crippen LogP contribution in [0.2, 0.25) is 0 Å². The van der Waals surface area contributed by atoms with Gasteiger partial charge in [-0.25, -0.2) is 0 Å². The summed E-state index contributed by atoms with van der Waals surface area (Å²) in [5, 5.41) is 13.4. The summed E-state index contributed by atoms with van der Waals surface area (Å²) in [6.07, 6.45) is 3.65. The summed E-state index contributed by atoms with van der Waals surface area (Å²) >= 11 is 0. The molecule has 0 bridgehead atoms. The zero-order chi connectivity index (χ0) is 15.3. The molecule has 21 heavy (non-hydrogen) atoms. The molecule has 0 radical (unpaired) electrons. The number of nitrogens with zero attached hydrogens (tertiary/aromatic N) is 2. The molecule has 1 heterocycles. The minimum Gasteiger partial charge on any atom is -0.295 e. The van der Waals surface area contributed by atoms with Gasteiger partial charge in [-0.05, 0) is 38.3 Å². The topological polar surface area (TPSA) is 39.1 Å². The van der Waals surface area contributed by atoms with E-state index in [0.717, 1.165) is 25.1 Å². The van der Waals surface area contributed by atoms with E-state index in [9.17, 15) is 5.26 Å². The molecule has 0 spiro atoms. The molecule has 0 saturated carbocycles. The summed E-state index contributed by atoms with van der Waals surface area (Å²) in [5.74, 6) is 0. The zero-order valence-electron chi connectivity index (χ0n) is 13.5. The van der Waals surface area contributed by atoms with Crippen LogP contribution in [-0.2, 0) is 5.54 Å². The molecular weight excluding hydrogens is 258 g/mol. The minimum absolute atomic E-state index is 0.560. The molecule has 1 saturated heterocycles. The Morgan fingerprint density at radius 1 is 1.29 bits per heavy atom. The number of nitrogens with one attached hydrogen (secondary N) is 1. The van der Waals surface area contributed by atoms with Crippen LogP contribution in [-0.4, -0.2) is 30.1 Å². The van der Waals surface area contributed by atoms with E-state index in [1.54, 1.807) is 0 Å². The molecule has 0 amide bonds. The van der Waals surface area contributed by atoms with E-state index in [0.29, 0.717) is 12.1 Å². The Bertz CT molecular complexity index is 479. The van der Waals surface area contributed by atoms with Crippen molar-refractivity contribution in [2.24, 2.45) is 0 Å². The lowest BCUT2D eigenvalue weighted by molar-refractivity contribution is 0.155. The lowest BCUT2D eigenvalue weighted by atomic mass is 9.90. The fourth-order valence-electron chi connectivity index (χ4n) is 3.54. The quantitative estimate of drug-likeness (QED) is 0.872. The molecule has 2 rings (SSSR count). The van der Waals surface area contributed by atoms with Crippen molar-refractivity contribution >= 4 is 0 Å². The monoisotopic (exact) mass is 285 g/mol. The third-order valence-electron chi connectivity index (χ3n) is 4.78. The van der Waals surface area contributed by atoms with Crippen LogP contribution in [0.15, 0.2) is 30.3 Å². The highest BCUT2D eigenvalue weighted by Gasteiger charge is 2.39. The Balaban J connectivity index is 2.31. The largest absolute Gasteiger partial charge is 0.295 e. The Labute approximate surface area is 129 Å². The van der Waals surface area contributed by atoms with Gasteiger partial charge in [0.05, 0.1) is 6.07 Å². The van der Waals surface area contributed by atoms with Gasteiger partial charge < -0.3 is 0 Å². The van der Waals surface area contributed by atoms with Gasteiger partial charge in [-0.2, -0.15) is 5.26 Å². The highest BCUT2D eigenvalue weighted by atomic mass is 15.2. The van der Waals surface area contributed by atoms with E-state index in [-0.39, 0.29) is 0 Å². The van der Waals surface area contributed by atoms with Crippen molar-refractivity contribution in [1.82, 2.24) is 10.2 Å². The predicted molar refractivity (Wildman–Crippen MR) is 86.9 cm³/mol. The standard InChI is InChI=1S/C18H27N3/c1-4-17-12-11-15(3)21(17)14-18(13-19,20-5-2)16-9-7-6-8-10-16/h6-10,15,17,20H,4-5,11-12,14H2,1-3H3. The number of hydrogen-bond donors (Lipinski definition) is 1. The van der Waals surface area contributed by atoms with Crippen LogP contribution in [0.1, 0.15) is 45.6 Å². The maximum atomic E-state index is 9.93. The van der Waals surface area contributed by atoms with Crippen molar-refractivity contribution in [2.45, 2.75) is 57.7 Å². The average molecular weight is 285 g/mol. The van der Waals surface area contributed by atoms with E-state index >= 15 is 0 Å². The van der Waals surface area contributed by atoms with Crippen LogP contribution < -0.4 is 5.32 Å². The summed E-state index contributed by atoms with van der Waals surface area (Å²) in [6, 6.07) is 13.9. The summed E-state index contributed by atoms with van der Waals surface area (Å²) < 4.78 is 0. The first-order valence-corrected chi connectivity index (χ1v) is 8.14. The first-order valence-electron chi connectivity index (χ1n) is 8.14. The minimum atomic E-state index is -0.609. The van der Waals surface area contributed by atoms with Crippen LogP contribution in [0.3, 0.4) is 0 Å². The molecule has 1 aliphatic rings. The fourth-order valence-corrected chi connectivity index (χ4v) is 3.54. The second kappa shape index (κ2) is 7.06. The van der Waals surface area contributed by atoms with Crippen LogP contribution in [0, 0.1) is 11.3 Å². The van der Waals surface area contributed by atoms with Crippen LogP contribution >= 0.6 is 0 Å². The zero-order valence-corrected chi connectivity index (χ0v) is 13.5. The van der Waals surface area contributed by atoms with Crippen molar-refractivity contribution in [3.8, 4) is 6.07 Å². The Morgan fingerprint density at radius 2 is 2.00 bits per heavy atom. The second-order valence-electron chi connectivity index (χ2n) is 6.07. The second-order valence-corrected chi connectivity index (χ2v) is 6.07. The molecule has 3 atom stereocenters. The lowest BCUT2D eigenvalue weighted by Gasteiger charge is -2.37. The van der Waals surface area contributed by atoms with E-state index in [4.69, 9.17) is 0 Å². The Kier molecular flexibility index (Phi) is 5.39. The van der Waals surface area contributed by atoms with Gasteiger partial charge in [-0.1, -0.05) is 44.2 Å². The first-order chi connectivity index (χ1) is 10.2. The predicted octanol–water partition coefficient (Wildman–Crippen LogP) is 3.28. The van der Waals surface area contributed by atoms with Gasteiger partial charge in [-0.3, -0.25) is 10.2 Å². The van der Waals surface area contributed by atoms with Gasteiger partial charge in [0.15, 0.2) is 0 Å². The maximum absolute atomic E-state index is 9.93. The van der Waals surface area contributed by atoms with E-state index in [1.165, 1.54) is 12.8 Å². The normalized spacial score (nSPS) is 25.4. The Morgan fingerprint density at radius 3 is 2.57 bits per heavy atom. The SMILES string of the molecule is CCNC(C#N)(CN1C(C)CCC1CC)c1ccccc1. The summed E-state index contributed by atoms with van der Waals surface area (Å²) in [5.41, 5.74) is 0.463. The van der Waals surface area contributed by atoms with Crippen molar-refractivity contribution in [3.63, 3.8) is 0 Å². The molecule has 1 aromatic carbocycles. The molecular formula is C18H27N3. The summed E-state index contributed by atoms with van der Waals surface area (Å²) in [6.45, 7) is 8.16. The number of likely N-dealkylation sites (N-methyl/N-ethyl adjacent to an activating group) is 1. The van der Waals surface area contributed by atoms with Gasteiger partial charge >= 0.3 is 0 Å². The maximum Gasteiger partial charge on any atom is 0.145 e. The molecule has 1 N–H and O–H groups in total. The van der Waals surface area contributed by atoms with E-state index in [2.05, 4.69) is 49.2 Å². The van der Waals surface area contributed by atoms with Crippen molar-refractivity contribution < 1.29 is 0 Å². The molecule has 114 valence electrons. The number of hydrogen-bond acceptors (Lipinski definition) is 3. The molecule has 0 aromatic heterocycles. The Hall–Kier alpha value is -1.37. The summed E-state index contributed by atoms with van der Waals surface area (Å²) in [7, 11) is 0. The molecule has 1 fully saturated rings. The number of rotatable bonds is 6. The van der Waals surface area contributed by atoms with Gasteiger partial charge in [0.25, 0.3) is 0 Å². The first kappa shape index (κ1) is 16.0. The molecule has 1 aromatic rings. The van der Waals surface area contributed by atoms with Crippen LogP contribution in [0.25, 0.3) is 0 Å². The third kappa shape index (κ3) is 3.28. The van der Waals surface area contributed by atoms with Gasteiger partial charge in [-0.15, -0.1) is 0 Å². The highest BCUT2D eigenvalue weighted by Crippen LogP contribution is 2.31. The van der Waals surface area contributed by atoms with Gasteiger partial charge in [0.2, 0.25) is 0 Å². The van der Waals surface area contributed by atoms with E-state index in [1.807, 2.05) is 18.2 Å². The highest BCUT2D eigenvalue weighted by molar-refractivity contribution is 5.32. The molecule has 0 aliphatic carbocycles. The lowest BCUT2D eigenvalue weighted by Crippen LogP contribution is -2.52. The molecule has 1 aliphatic heterocycles. The van der Waals surface area contributed by atoms with E-state index < -0.39 is 5.54 Å². The van der Waals surface area contributed by atoms with Gasteiger partial charge in [0.1, 0.15) is 5.54 Å². The van der Waals surface area contributed by atoms with Gasteiger partial charge in [0, 0.05) is 18.6 Å². The molecule has 3 nitrogen and oxygen atoms in total. The smallest absolute Gasteiger partial charge is 0.145 e. The number of likely N-dealkylation sites (tertiary alicyclic amines) is 1. The number of nitriles is 1. The number of benzene rings is 1. The fraction of sp³-hybridized carbons (Fsp3) is 0.611. The third-order valence-corrected chi connectivity index (χ3v) is 4.78. The average Bonchev–Trinajstić information content (AvgIpc) is 2.87.